The molecule has 1 aromatic carbocycles. The van der Waals surface area contributed by atoms with Crippen molar-refractivity contribution in [3.8, 4) is 0 Å². The summed E-state index contributed by atoms with van der Waals surface area (Å²) in [4.78, 5) is 9.77. The second-order valence-electron chi connectivity index (χ2n) is 6.17. The monoisotopic (exact) mass is 300 g/mol. The van der Waals surface area contributed by atoms with Crippen molar-refractivity contribution in [2.24, 2.45) is 4.99 Å². The second kappa shape index (κ2) is 7.63. The molecular weight excluding hydrogens is 272 g/mol. The molecule has 2 aliphatic heterocycles. The Morgan fingerprint density at radius 3 is 2.77 bits per heavy atom. The van der Waals surface area contributed by atoms with Gasteiger partial charge >= 0.3 is 0 Å². The van der Waals surface area contributed by atoms with E-state index in [2.05, 4.69) is 46.3 Å². The number of hydrogen-bond acceptors (Lipinski definition) is 2. The maximum atomic E-state index is 4.88. The van der Waals surface area contributed by atoms with Crippen molar-refractivity contribution in [2.75, 3.05) is 44.2 Å². The number of anilines is 1. The van der Waals surface area contributed by atoms with Gasteiger partial charge in [0.15, 0.2) is 5.96 Å². The lowest BCUT2D eigenvalue weighted by Gasteiger charge is -2.26. The molecule has 0 saturated carbocycles. The third kappa shape index (κ3) is 3.61. The third-order valence-electron chi connectivity index (χ3n) is 4.60. The number of para-hydroxylation sites is 1. The van der Waals surface area contributed by atoms with Crippen LogP contribution in [0.2, 0.25) is 0 Å². The summed E-state index contributed by atoms with van der Waals surface area (Å²) in [5.41, 5.74) is 2.75. The predicted octanol–water partition coefficient (Wildman–Crippen LogP) is 2.50. The molecule has 0 atom stereocenters. The second-order valence-corrected chi connectivity index (χ2v) is 6.17. The first-order chi connectivity index (χ1) is 10.9. The van der Waals surface area contributed by atoms with Crippen molar-refractivity contribution in [2.45, 2.75) is 32.6 Å². The van der Waals surface area contributed by atoms with Gasteiger partial charge in [0.05, 0.1) is 6.54 Å². The number of hydrogen-bond donors (Lipinski definition) is 1. The Hall–Kier alpha value is -1.55. The normalized spacial score (nSPS) is 19.3. The molecule has 0 aromatic heterocycles. The molecule has 1 N–H and O–H groups in total. The van der Waals surface area contributed by atoms with E-state index in [1.165, 1.54) is 43.6 Å². The molecule has 22 heavy (non-hydrogen) atoms. The molecule has 120 valence electrons. The molecule has 3 rings (SSSR count). The molecule has 1 fully saturated rings. The van der Waals surface area contributed by atoms with Gasteiger partial charge < -0.3 is 15.1 Å². The molecule has 0 radical (unpaired) electrons. The Balaban J connectivity index is 1.63. The fourth-order valence-corrected chi connectivity index (χ4v) is 3.43. The summed E-state index contributed by atoms with van der Waals surface area (Å²) in [6.07, 6.45) is 5.21. The van der Waals surface area contributed by atoms with E-state index in [1.807, 2.05) is 0 Å². The van der Waals surface area contributed by atoms with Crippen molar-refractivity contribution < 1.29 is 0 Å². The Morgan fingerprint density at radius 2 is 1.95 bits per heavy atom. The van der Waals surface area contributed by atoms with Gasteiger partial charge in [0.1, 0.15) is 0 Å². The van der Waals surface area contributed by atoms with Crippen LogP contribution in [0.3, 0.4) is 0 Å². The van der Waals surface area contributed by atoms with Crippen LogP contribution in [-0.2, 0) is 6.42 Å². The maximum Gasteiger partial charge on any atom is 0.198 e. The van der Waals surface area contributed by atoms with Crippen LogP contribution in [0.15, 0.2) is 29.3 Å². The zero-order valence-electron chi connectivity index (χ0n) is 13.7. The lowest BCUT2D eigenvalue weighted by molar-refractivity contribution is 0.235. The number of fused-ring (bicyclic) bond motifs is 1. The van der Waals surface area contributed by atoms with Crippen molar-refractivity contribution >= 4 is 11.6 Å². The fraction of sp³-hybridized carbons (Fsp3) is 0.611. The lowest BCUT2D eigenvalue weighted by Crippen LogP contribution is -2.41. The highest BCUT2D eigenvalue weighted by Gasteiger charge is 2.22. The number of benzene rings is 1. The minimum absolute atomic E-state index is 0.890. The van der Waals surface area contributed by atoms with Crippen molar-refractivity contribution in [1.82, 2.24) is 10.2 Å². The minimum Gasteiger partial charge on any atom is -0.356 e. The Morgan fingerprint density at radius 1 is 1.14 bits per heavy atom. The molecule has 0 aliphatic carbocycles. The smallest absolute Gasteiger partial charge is 0.198 e. The topological polar surface area (TPSA) is 30.9 Å². The van der Waals surface area contributed by atoms with Crippen LogP contribution in [0.5, 0.6) is 0 Å². The first-order valence-corrected chi connectivity index (χ1v) is 8.74. The maximum absolute atomic E-state index is 4.88. The van der Waals surface area contributed by atoms with Gasteiger partial charge in [-0.2, -0.15) is 0 Å². The highest BCUT2D eigenvalue weighted by molar-refractivity contribution is 5.97. The van der Waals surface area contributed by atoms with Gasteiger partial charge in [-0.1, -0.05) is 24.6 Å². The van der Waals surface area contributed by atoms with Crippen LogP contribution >= 0.6 is 0 Å². The number of piperidine rings is 1. The van der Waals surface area contributed by atoms with Crippen molar-refractivity contribution in [3.63, 3.8) is 0 Å². The van der Waals surface area contributed by atoms with E-state index >= 15 is 0 Å². The van der Waals surface area contributed by atoms with Gasteiger partial charge in [-0.25, -0.2) is 0 Å². The molecule has 0 bridgehead atoms. The number of likely N-dealkylation sites (tertiary alicyclic amines) is 1. The first-order valence-electron chi connectivity index (χ1n) is 8.74. The Kier molecular flexibility index (Phi) is 5.33. The first kappa shape index (κ1) is 15.3. The van der Waals surface area contributed by atoms with Crippen LogP contribution in [0.1, 0.15) is 31.7 Å². The highest BCUT2D eigenvalue weighted by atomic mass is 15.3. The Bertz CT molecular complexity index is 506. The quantitative estimate of drug-likeness (QED) is 0.685. The summed E-state index contributed by atoms with van der Waals surface area (Å²) in [6, 6.07) is 8.68. The lowest BCUT2D eigenvalue weighted by atomic mass is 10.1. The molecule has 0 unspecified atom stereocenters. The number of nitrogens with one attached hydrogen (secondary N) is 1. The summed E-state index contributed by atoms with van der Waals surface area (Å²) < 4.78 is 0. The van der Waals surface area contributed by atoms with E-state index in [0.717, 1.165) is 38.6 Å². The standard InChI is InChI=1S/C18H28N4/c1-2-19-18(20-11-15-21-12-6-3-7-13-21)22-14-10-16-8-4-5-9-17(16)22/h4-5,8-9H,2-3,6-7,10-15H2,1H3,(H,19,20). The number of rotatable bonds is 4. The van der Waals surface area contributed by atoms with Gasteiger partial charge in [0.25, 0.3) is 0 Å². The predicted molar refractivity (Wildman–Crippen MR) is 93.8 cm³/mol. The molecule has 4 heteroatoms. The van der Waals surface area contributed by atoms with E-state index in [9.17, 15) is 0 Å². The summed E-state index contributed by atoms with van der Waals surface area (Å²) in [6.45, 7) is 8.57. The molecule has 2 heterocycles. The van der Waals surface area contributed by atoms with Gasteiger partial charge in [0, 0.05) is 25.3 Å². The van der Waals surface area contributed by atoms with E-state index in [1.54, 1.807) is 0 Å². The van der Waals surface area contributed by atoms with Gasteiger partial charge in [-0.15, -0.1) is 0 Å². The molecule has 1 saturated heterocycles. The number of guanidine groups is 1. The average Bonchev–Trinajstić information content (AvgIpc) is 2.99. The van der Waals surface area contributed by atoms with Gasteiger partial charge in [-0.3, -0.25) is 4.99 Å². The van der Waals surface area contributed by atoms with Crippen LogP contribution in [0, 0.1) is 0 Å². The van der Waals surface area contributed by atoms with Crippen LogP contribution in [0.25, 0.3) is 0 Å². The van der Waals surface area contributed by atoms with Crippen LogP contribution in [-0.4, -0.2) is 50.1 Å². The van der Waals surface area contributed by atoms with E-state index in [-0.39, 0.29) is 0 Å². The van der Waals surface area contributed by atoms with E-state index in [0.29, 0.717) is 0 Å². The van der Waals surface area contributed by atoms with Crippen molar-refractivity contribution in [3.05, 3.63) is 29.8 Å². The molecular formula is C18H28N4. The summed E-state index contributed by atoms with van der Waals surface area (Å²) >= 11 is 0. The summed E-state index contributed by atoms with van der Waals surface area (Å²) in [7, 11) is 0. The largest absolute Gasteiger partial charge is 0.356 e. The van der Waals surface area contributed by atoms with Gasteiger partial charge in [-0.05, 0) is 50.9 Å². The molecule has 2 aliphatic rings. The number of aliphatic imine (C=N–C) groups is 1. The van der Waals surface area contributed by atoms with E-state index < -0.39 is 0 Å². The van der Waals surface area contributed by atoms with Crippen LogP contribution < -0.4 is 10.2 Å². The molecule has 0 spiro atoms. The zero-order valence-corrected chi connectivity index (χ0v) is 13.7. The highest BCUT2D eigenvalue weighted by Crippen LogP contribution is 2.27. The van der Waals surface area contributed by atoms with Crippen LogP contribution in [0.4, 0.5) is 5.69 Å². The number of nitrogens with zero attached hydrogens (tertiary/aromatic N) is 3. The summed E-state index contributed by atoms with van der Waals surface area (Å²) in [5, 5.41) is 3.46. The van der Waals surface area contributed by atoms with Gasteiger partial charge in [0.2, 0.25) is 0 Å². The molecule has 4 nitrogen and oxygen atoms in total. The Labute approximate surface area is 134 Å². The van der Waals surface area contributed by atoms with E-state index in [4.69, 9.17) is 4.99 Å². The fourth-order valence-electron chi connectivity index (χ4n) is 3.43. The zero-order chi connectivity index (χ0) is 15.2. The molecule has 1 aromatic rings. The molecule has 0 amide bonds. The minimum atomic E-state index is 0.890. The SMILES string of the molecule is CCNC(=NCCN1CCCCC1)N1CCc2ccccc21. The average molecular weight is 300 g/mol. The summed E-state index contributed by atoms with van der Waals surface area (Å²) in [5.74, 6) is 1.05. The van der Waals surface area contributed by atoms with Crippen molar-refractivity contribution in [1.29, 1.82) is 0 Å². The third-order valence-corrected chi connectivity index (χ3v) is 4.60.